The Bertz CT molecular complexity index is 673. The predicted octanol–water partition coefficient (Wildman–Crippen LogP) is 1.70. The van der Waals surface area contributed by atoms with Gasteiger partial charge in [0.05, 0.1) is 18.2 Å². The fourth-order valence-electron chi connectivity index (χ4n) is 2.09. The molecular formula is C17H21N5O2. The van der Waals surface area contributed by atoms with Crippen molar-refractivity contribution in [1.29, 1.82) is 5.26 Å². The summed E-state index contributed by atoms with van der Waals surface area (Å²) in [5.74, 6) is 0.0874. The molecule has 1 atom stereocenters. The van der Waals surface area contributed by atoms with Gasteiger partial charge < -0.3 is 20.7 Å². The Hall–Kier alpha value is -3.01. The molecule has 0 saturated carbocycles. The van der Waals surface area contributed by atoms with Gasteiger partial charge in [0.15, 0.2) is 6.29 Å². The SMILES string of the molecule is CCCNC1=NC(Nc2ccc(C#N)cc2)NC=C1C(=O)OCC. The third-order valence-electron chi connectivity index (χ3n) is 3.25. The van der Waals surface area contributed by atoms with E-state index in [2.05, 4.69) is 27.0 Å². The highest BCUT2D eigenvalue weighted by Gasteiger charge is 2.23. The van der Waals surface area contributed by atoms with Crippen LogP contribution in [0.2, 0.25) is 0 Å². The number of nitrogens with one attached hydrogen (secondary N) is 3. The second-order valence-corrected chi connectivity index (χ2v) is 5.09. The Balaban J connectivity index is 2.10. The van der Waals surface area contributed by atoms with Crippen LogP contribution < -0.4 is 16.0 Å². The van der Waals surface area contributed by atoms with Crippen LogP contribution in [-0.4, -0.2) is 31.2 Å². The van der Waals surface area contributed by atoms with Gasteiger partial charge in [-0.05, 0) is 37.6 Å². The lowest BCUT2D eigenvalue weighted by Gasteiger charge is -2.24. The number of nitriles is 1. The van der Waals surface area contributed by atoms with Gasteiger partial charge in [-0.15, -0.1) is 0 Å². The molecule has 7 heteroatoms. The molecule has 1 aliphatic heterocycles. The maximum absolute atomic E-state index is 12.0. The van der Waals surface area contributed by atoms with E-state index in [1.165, 1.54) is 0 Å². The highest BCUT2D eigenvalue weighted by atomic mass is 16.5. The van der Waals surface area contributed by atoms with E-state index >= 15 is 0 Å². The summed E-state index contributed by atoms with van der Waals surface area (Å²) in [6.45, 7) is 4.82. The fraction of sp³-hybridized carbons (Fsp3) is 0.353. The maximum atomic E-state index is 12.0. The second-order valence-electron chi connectivity index (χ2n) is 5.09. The molecule has 7 nitrogen and oxygen atoms in total. The van der Waals surface area contributed by atoms with Gasteiger partial charge in [0.25, 0.3) is 0 Å². The first kappa shape index (κ1) is 17.3. The van der Waals surface area contributed by atoms with Crippen LogP contribution >= 0.6 is 0 Å². The highest BCUT2D eigenvalue weighted by molar-refractivity contribution is 6.19. The molecule has 0 aliphatic carbocycles. The average molecular weight is 327 g/mol. The van der Waals surface area contributed by atoms with Gasteiger partial charge in [-0.3, -0.25) is 0 Å². The highest BCUT2D eigenvalue weighted by Crippen LogP contribution is 2.13. The van der Waals surface area contributed by atoms with Crippen molar-refractivity contribution in [3.05, 3.63) is 41.6 Å². The van der Waals surface area contributed by atoms with Crippen molar-refractivity contribution >= 4 is 17.5 Å². The minimum atomic E-state index is -0.421. The number of rotatable bonds is 6. The topological polar surface area (TPSA) is 98.5 Å². The minimum Gasteiger partial charge on any atom is -0.462 e. The van der Waals surface area contributed by atoms with Crippen LogP contribution in [-0.2, 0) is 9.53 Å². The zero-order chi connectivity index (χ0) is 17.4. The molecule has 0 saturated heterocycles. The number of carbonyl (C=O) groups excluding carboxylic acids is 1. The first-order valence-electron chi connectivity index (χ1n) is 7.90. The van der Waals surface area contributed by atoms with Crippen LogP contribution in [0, 0.1) is 11.3 Å². The van der Waals surface area contributed by atoms with E-state index < -0.39 is 12.3 Å². The fourth-order valence-corrected chi connectivity index (χ4v) is 2.09. The summed E-state index contributed by atoms with van der Waals surface area (Å²) in [4.78, 5) is 16.5. The number of anilines is 1. The van der Waals surface area contributed by atoms with Gasteiger partial charge in [0.1, 0.15) is 11.4 Å². The van der Waals surface area contributed by atoms with Crippen LogP contribution in [0.15, 0.2) is 41.0 Å². The Morgan fingerprint density at radius 3 is 2.75 bits per heavy atom. The molecule has 2 rings (SSSR count). The van der Waals surface area contributed by atoms with Gasteiger partial charge >= 0.3 is 5.97 Å². The summed E-state index contributed by atoms with van der Waals surface area (Å²) in [7, 11) is 0. The number of hydrogen-bond acceptors (Lipinski definition) is 7. The van der Waals surface area contributed by atoms with Crippen molar-refractivity contribution in [2.75, 3.05) is 18.5 Å². The molecule has 0 amide bonds. The second kappa shape index (κ2) is 8.58. The smallest absolute Gasteiger partial charge is 0.343 e. The summed E-state index contributed by atoms with van der Waals surface area (Å²) in [5.41, 5.74) is 1.79. The van der Waals surface area contributed by atoms with Crippen LogP contribution in [0.4, 0.5) is 5.69 Å². The lowest BCUT2D eigenvalue weighted by Crippen LogP contribution is -2.42. The van der Waals surface area contributed by atoms with Crippen molar-refractivity contribution in [1.82, 2.24) is 10.6 Å². The van der Waals surface area contributed by atoms with Crippen molar-refractivity contribution in [3.63, 3.8) is 0 Å². The van der Waals surface area contributed by atoms with Crippen LogP contribution in [0.5, 0.6) is 0 Å². The predicted molar refractivity (Wildman–Crippen MR) is 92.1 cm³/mol. The number of aliphatic imine (C=N–C) groups is 1. The first-order valence-corrected chi connectivity index (χ1v) is 7.90. The summed E-state index contributed by atoms with van der Waals surface area (Å²) < 4.78 is 5.05. The van der Waals surface area contributed by atoms with E-state index in [0.29, 0.717) is 30.1 Å². The molecule has 126 valence electrons. The number of amidine groups is 1. The Morgan fingerprint density at radius 1 is 1.38 bits per heavy atom. The van der Waals surface area contributed by atoms with Crippen molar-refractivity contribution in [2.24, 2.45) is 4.99 Å². The van der Waals surface area contributed by atoms with Crippen LogP contribution in [0.25, 0.3) is 0 Å². The Labute approximate surface area is 141 Å². The van der Waals surface area contributed by atoms with Gasteiger partial charge in [-0.1, -0.05) is 6.92 Å². The van der Waals surface area contributed by atoms with Crippen LogP contribution in [0.3, 0.4) is 0 Å². The van der Waals surface area contributed by atoms with Crippen molar-refractivity contribution in [2.45, 2.75) is 26.6 Å². The quantitative estimate of drug-likeness (QED) is 0.688. The van der Waals surface area contributed by atoms with E-state index in [-0.39, 0.29) is 0 Å². The molecule has 0 aromatic heterocycles. The van der Waals surface area contributed by atoms with E-state index in [0.717, 1.165) is 12.1 Å². The standard InChI is InChI=1S/C17H21N5O2/c1-3-9-19-15-14(16(23)24-4-2)11-20-17(22-15)21-13-7-5-12(10-18)6-8-13/h5-8,11,17,20-21H,3-4,9H2,1-2H3,(H,19,22). The normalized spacial score (nSPS) is 16.1. The van der Waals surface area contributed by atoms with Gasteiger partial charge in [0.2, 0.25) is 0 Å². The molecule has 0 bridgehead atoms. The van der Waals surface area contributed by atoms with Gasteiger partial charge in [-0.25, -0.2) is 9.79 Å². The number of benzene rings is 1. The molecular weight excluding hydrogens is 306 g/mol. The van der Waals surface area contributed by atoms with Gasteiger partial charge in [0, 0.05) is 18.4 Å². The van der Waals surface area contributed by atoms with E-state index in [4.69, 9.17) is 10.00 Å². The van der Waals surface area contributed by atoms with E-state index in [1.54, 1.807) is 37.4 Å². The maximum Gasteiger partial charge on any atom is 0.343 e. The molecule has 1 unspecified atom stereocenters. The summed E-state index contributed by atoms with van der Waals surface area (Å²) >= 11 is 0. The number of esters is 1. The molecule has 1 heterocycles. The molecule has 1 aromatic rings. The zero-order valence-corrected chi connectivity index (χ0v) is 13.8. The molecule has 0 radical (unpaired) electrons. The molecule has 24 heavy (non-hydrogen) atoms. The number of nitrogens with zero attached hydrogens (tertiary/aromatic N) is 2. The monoisotopic (exact) mass is 327 g/mol. The van der Waals surface area contributed by atoms with E-state index in [1.807, 2.05) is 6.92 Å². The molecule has 1 aromatic carbocycles. The molecule has 3 N–H and O–H groups in total. The first-order chi connectivity index (χ1) is 11.7. The van der Waals surface area contributed by atoms with Crippen molar-refractivity contribution in [3.8, 4) is 6.07 Å². The molecule has 1 aliphatic rings. The minimum absolute atomic E-state index is 0.310. The largest absolute Gasteiger partial charge is 0.462 e. The number of ether oxygens (including phenoxy) is 1. The number of hydrogen-bond donors (Lipinski definition) is 3. The average Bonchev–Trinajstić information content (AvgIpc) is 2.61. The summed E-state index contributed by atoms with van der Waals surface area (Å²) in [5, 5.41) is 18.2. The summed E-state index contributed by atoms with van der Waals surface area (Å²) in [6.07, 6.45) is 2.09. The van der Waals surface area contributed by atoms with Gasteiger partial charge in [-0.2, -0.15) is 5.26 Å². The lowest BCUT2D eigenvalue weighted by molar-refractivity contribution is -0.137. The molecule has 0 spiro atoms. The van der Waals surface area contributed by atoms with E-state index in [9.17, 15) is 4.79 Å². The third-order valence-corrected chi connectivity index (χ3v) is 3.25. The number of carbonyl (C=O) groups is 1. The van der Waals surface area contributed by atoms with Crippen LogP contribution in [0.1, 0.15) is 25.8 Å². The van der Waals surface area contributed by atoms with Crippen molar-refractivity contribution < 1.29 is 9.53 Å². The Kier molecular flexibility index (Phi) is 6.20. The summed E-state index contributed by atoms with van der Waals surface area (Å²) in [6, 6.07) is 9.14. The third kappa shape index (κ3) is 4.49. The molecule has 0 fully saturated rings. The lowest BCUT2D eigenvalue weighted by atomic mass is 10.2. The zero-order valence-electron chi connectivity index (χ0n) is 13.8. The Morgan fingerprint density at radius 2 is 2.12 bits per heavy atom.